The monoisotopic (exact) mass is 447 g/mol. The van der Waals surface area contributed by atoms with Gasteiger partial charge in [0.05, 0.1) is 18.7 Å². The lowest BCUT2D eigenvalue weighted by Crippen LogP contribution is -2.52. The molecule has 9 nitrogen and oxygen atoms in total. The fraction of sp³-hybridized carbons (Fsp3) is 0.333. The van der Waals surface area contributed by atoms with Crippen LogP contribution in [0.1, 0.15) is 36.1 Å². The molecule has 0 radical (unpaired) electrons. The van der Waals surface area contributed by atoms with Crippen LogP contribution in [0.2, 0.25) is 0 Å². The number of nitrogen functional groups attached to an aromatic ring is 1. The van der Waals surface area contributed by atoms with Crippen molar-refractivity contribution in [1.29, 1.82) is 0 Å². The molecule has 9 heteroatoms. The molecule has 1 fully saturated rings. The first-order chi connectivity index (χ1) is 15.9. The van der Waals surface area contributed by atoms with Crippen LogP contribution < -0.4 is 16.0 Å². The molecule has 2 aromatic carbocycles. The number of carbonyl (C=O) groups is 1. The molecule has 3 N–H and O–H groups in total. The second-order valence-electron chi connectivity index (χ2n) is 8.11. The minimum absolute atomic E-state index is 0.0227. The van der Waals surface area contributed by atoms with Crippen LogP contribution in [0, 0.1) is 0 Å². The molecule has 1 aliphatic rings. The third-order valence-electron chi connectivity index (χ3n) is 5.90. The fourth-order valence-corrected chi connectivity index (χ4v) is 4.16. The van der Waals surface area contributed by atoms with Gasteiger partial charge in [-0.3, -0.25) is 4.90 Å². The number of carbonyl (C=O) groups excluding carboxylic acids is 1. The number of hydrogen-bond acceptors (Lipinski definition) is 9. The van der Waals surface area contributed by atoms with E-state index < -0.39 is 0 Å². The summed E-state index contributed by atoms with van der Waals surface area (Å²) in [5, 5.41) is 3.20. The summed E-state index contributed by atoms with van der Waals surface area (Å²) < 4.78 is 4.78. The summed E-state index contributed by atoms with van der Waals surface area (Å²) >= 11 is 0. The van der Waals surface area contributed by atoms with Crippen molar-refractivity contribution in [2.45, 2.75) is 25.9 Å². The zero-order valence-electron chi connectivity index (χ0n) is 19.1. The van der Waals surface area contributed by atoms with E-state index in [1.54, 1.807) is 12.1 Å². The van der Waals surface area contributed by atoms with E-state index in [2.05, 4.69) is 43.9 Å². The van der Waals surface area contributed by atoms with Gasteiger partial charge in [0.2, 0.25) is 11.9 Å². The number of hydrogen-bond donors (Lipinski definition) is 2. The molecule has 2 heterocycles. The van der Waals surface area contributed by atoms with Crippen LogP contribution in [-0.4, -0.2) is 58.6 Å². The maximum Gasteiger partial charge on any atom is 0.337 e. The molecular weight excluding hydrogens is 418 g/mol. The first-order valence-electron chi connectivity index (χ1n) is 11.0. The lowest BCUT2D eigenvalue weighted by molar-refractivity contribution is 0.0600. The number of methoxy groups -OCH3 is 1. The van der Waals surface area contributed by atoms with Gasteiger partial charge >= 0.3 is 5.97 Å². The van der Waals surface area contributed by atoms with Crippen LogP contribution in [0.3, 0.4) is 0 Å². The van der Waals surface area contributed by atoms with Crippen molar-refractivity contribution >= 4 is 29.2 Å². The number of rotatable bonds is 6. The van der Waals surface area contributed by atoms with Gasteiger partial charge in [-0.25, -0.2) is 4.79 Å². The number of nitrogens with one attached hydrogen (secondary N) is 1. The van der Waals surface area contributed by atoms with Crippen LogP contribution >= 0.6 is 0 Å². The molecule has 2 unspecified atom stereocenters. The highest BCUT2D eigenvalue weighted by Gasteiger charge is 2.30. The number of piperazine rings is 1. The summed E-state index contributed by atoms with van der Waals surface area (Å²) in [4.78, 5) is 29.7. The van der Waals surface area contributed by atoms with Crippen LogP contribution in [0.4, 0.5) is 23.3 Å². The minimum Gasteiger partial charge on any atom is -0.465 e. The quantitative estimate of drug-likeness (QED) is 0.550. The second-order valence-corrected chi connectivity index (χ2v) is 8.11. The molecule has 1 aromatic heterocycles. The topological polar surface area (TPSA) is 110 Å². The normalized spacial score (nSPS) is 17.4. The molecule has 0 amide bonds. The Morgan fingerprint density at radius 2 is 1.82 bits per heavy atom. The van der Waals surface area contributed by atoms with Gasteiger partial charge in [0, 0.05) is 37.1 Å². The van der Waals surface area contributed by atoms with Crippen molar-refractivity contribution in [2.75, 3.05) is 42.7 Å². The average Bonchev–Trinajstić information content (AvgIpc) is 2.83. The van der Waals surface area contributed by atoms with Gasteiger partial charge in [0.1, 0.15) is 0 Å². The zero-order valence-corrected chi connectivity index (χ0v) is 19.1. The number of para-hydroxylation sites is 1. The SMILES string of the molecule is COC(=O)c1ccc(N2CCN(C(C)c3nc(N)nc(Nc4ccccc4)n3)C(C)C2)cc1. The minimum atomic E-state index is -0.327. The molecule has 172 valence electrons. The Labute approximate surface area is 193 Å². The van der Waals surface area contributed by atoms with E-state index in [4.69, 9.17) is 10.5 Å². The third kappa shape index (κ3) is 5.20. The number of anilines is 4. The molecule has 0 saturated carbocycles. The highest BCUT2D eigenvalue weighted by atomic mass is 16.5. The van der Waals surface area contributed by atoms with Crippen molar-refractivity contribution in [3.05, 3.63) is 66.0 Å². The van der Waals surface area contributed by atoms with Crippen molar-refractivity contribution < 1.29 is 9.53 Å². The number of esters is 1. The van der Waals surface area contributed by atoms with Gasteiger partial charge in [-0.1, -0.05) is 18.2 Å². The number of benzene rings is 2. The molecule has 3 aromatic rings. The Bertz CT molecular complexity index is 1090. The molecule has 0 spiro atoms. The van der Waals surface area contributed by atoms with E-state index in [1.807, 2.05) is 42.5 Å². The van der Waals surface area contributed by atoms with Crippen molar-refractivity contribution in [3.8, 4) is 0 Å². The Kier molecular flexibility index (Phi) is 6.69. The molecule has 0 bridgehead atoms. The van der Waals surface area contributed by atoms with Crippen molar-refractivity contribution in [3.63, 3.8) is 0 Å². The van der Waals surface area contributed by atoms with Gasteiger partial charge in [0.25, 0.3) is 0 Å². The predicted molar refractivity (Wildman–Crippen MR) is 129 cm³/mol. The van der Waals surface area contributed by atoms with Gasteiger partial charge in [-0.05, 0) is 50.2 Å². The lowest BCUT2D eigenvalue weighted by Gasteiger charge is -2.43. The van der Waals surface area contributed by atoms with Crippen LogP contribution in [0.25, 0.3) is 0 Å². The molecule has 4 rings (SSSR count). The Balaban J connectivity index is 1.44. The van der Waals surface area contributed by atoms with E-state index in [-0.39, 0.29) is 24.0 Å². The fourth-order valence-electron chi connectivity index (χ4n) is 4.16. The van der Waals surface area contributed by atoms with Crippen LogP contribution in [0.5, 0.6) is 0 Å². The summed E-state index contributed by atoms with van der Waals surface area (Å²) in [7, 11) is 1.39. The standard InChI is InChI=1S/C24H29N7O2/c1-16-15-30(20-11-9-18(10-12-20)22(32)33-3)13-14-31(16)17(2)21-27-23(25)29-24(28-21)26-19-7-5-4-6-8-19/h4-12,16-17H,13-15H2,1-3H3,(H3,25,26,27,28,29). The molecule has 33 heavy (non-hydrogen) atoms. The molecule has 2 atom stereocenters. The summed E-state index contributed by atoms with van der Waals surface area (Å²) in [6.45, 7) is 6.82. The Hall–Kier alpha value is -3.72. The predicted octanol–water partition coefficient (Wildman–Crippen LogP) is 3.26. The van der Waals surface area contributed by atoms with Crippen molar-refractivity contribution in [2.24, 2.45) is 0 Å². The van der Waals surface area contributed by atoms with Crippen LogP contribution in [0.15, 0.2) is 54.6 Å². The summed E-state index contributed by atoms with van der Waals surface area (Å²) in [6, 6.07) is 17.5. The number of aromatic nitrogens is 3. The number of nitrogens with zero attached hydrogens (tertiary/aromatic N) is 5. The number of ether oxygens (including phenoxy) is 1. The van der Waals surface area contributed by atoms with E-state index >= 15 is 0 Å². The molecule has 0 aliphatic carbocycles. The highest BCUT2D eigenvalue weighted by molar-refractivity contribution is 5.89. The lowest BCUT2D eigenvalue weighted by atomic mass is 10.1. The van der Waals surface area contributed by atoms with Crippen molar-refractivity contribution in [1.82, 2.24) is 19.9 Å². The van der Waals surface area contributed by atoms with E-state index in [0.717, 1.165) is 31.0 Å². The first kappa shape index (κ1) is 22.5. The van der Waals surface area contributed by atoms with E-state index in [0.29, 0.717) is 17.3 Å². The summed E-state index contributed by atoms with van der Waals surface area (Å²) in [5.74, 6) is 0.949. The average molecular weight is 448 g/mol. The summed E-state index contributed by atoms with van der Waals surface area (Å²) in [6.07, 6.45) is 0. The molecule has 1 saturated heterocycles. The highest BCUT2D eigenvalue weighted by Crippen LogP contribution is 2.27. The molecular formula is C24H29N7O2. The zero-order chi connectivity index (χ0) is 23.4. The van der Waals surface area contributed by atoms with Gasteiger partial charge < -0.3 is 20.7 Å². The largest absolute Gasteiger partial charge is 0.465 e. The maximum atomic E-state index is 11.7. The van der Waals surface area contributed by atoms with E-state index in [9.17, 15) is 4.79 Å². The second kappa shape index (κ2) is 9.83. The van der Waals surface area contributed by atoms with E-state index in [1.165, 1.54) is 7.11 Å². The third-order valence-corrected chi connectivity index (χ3v) is 5.90. The maximum absolute atomic E-state index is 11.7. The first-order valence-corrected chi connectivity index (χ1v) is 11.0. The smallest absolute Gasteiger partial charge is 0.337 e. The Morgan fingerprint density at radius 1 is 1.09 bits per heavy atom. The Morgan fingerprint density at radius 3 is 2.48 bits per heavy atom. The van der Waals surface area contributed by atoms with Gasteiger partial charge in [0.15, 0.2) is 5.82 Å². The summed E-state index contributed by atoms with van der Waals surface area (Å²) in [5.41, 5.74) is 8.52. The van der Waals surface area contributed by atoms with Crippen LogP contribution in [-0.2, 0) is 4.74 Å². The van der Waals surface area contributed by atoms with Gasteiger partial charge in [-0.15, -0.1) is 0 Å². The number of nitrogens with two attached hydrogens (primary N) is 1. The molecule has 1 aliphatic heterocycles. The van der Waals surface area contributed by atoms with Gasteiger partial charge in [-0.2, -0.15) is 15.0 Å².